The van der Waals surface area contributed by atoms with Crippen molar-refractivity contribution >= 4 is 0 Å². The first-order valence-corrected chi connectivity index (χ1v) is 7.64. The first kappa shape index (κ1) is 16.2. The molecule has 0 aromatic heterocycles. The van der Waals surface area contributed by atoms with Crippen molar-refractivity contribution in [1.82, 2.24) is 4.90 Å². The van der Waals surface area contributed by atoms with Crippen LogP contribution in [0.4, 0.5) is 0 Å². The number of nitrogens with zero attached hydrogens (tertiary/aromatic N) is 1. The summed E-state index contributed by atoms with van der Waals surface area (Å²) in [5, 5.41) is 10.2. The van der Waals surface area contributed by atoms with Gasteiger partial charge in [0.2, 0.25) is 0 Å². The van der Waals surface area contributed by atoms with Crippen LogP contribution in [0, 0.1) is 0 Å². The molecule has 2 unspecified atom stereocenters. The minimum absolute atomic E-state index is 0.293. The van der Waals surface area contributed by atoms with E-state index in [2.05, 4.69) is 11.8 Å². The average Bonchev–Trinajstić information content (AvgIpc) is 2.53. The Kier molecular flexibility index (Phi) is 6.45. The summed E-state index contributed by atoms with van der Waals surface area (Å²) in [6, 6.07) is 8.07. The minimum Gasteiger partial charge on any atom is -0.491 e. The largest absolute Gasteiger partial charge is 0.491 e. The van der Waals surface area contributed by atoms with E-state index in [1.54, 1.807) is 0 Å². The van der Waals surface area contributed by atoms with Crippen LogP contribution in [-0.4, -0.2) is 55.1 Å². The van der Waals surface area contributed by atoms with Gasteiger partial charge in [-0.15, -0.1) is 0 Å². The molecule has 0 radical (unpaired) electrons. The van der Waals surface area contributed by atoms with Crippen LogP contribution in [0.3, 0.4) is 0 Å². The van der Waals surface area contributed by atoms with Crippen LogP contribution in [0.1, 0.15) is 18.9 Å². The summed E-state index contributed by atoms with van der Waals surface area (Å²) in [6.07, 6.45) is 0.533. The van der Waals surface area contributed by atoms with Crippen molar-refractivity contribution in [3.05, 3.63) is 29.8 Å². The van der Waals surface area contributed by atoms with Gasteiger partial charge < -0.3 is 20.3 Å². The smallest absolute Gasteiger partial charge is 0.119 e. The number of benzene rings is 1. The highest BCUT2D eigenvalue weighted by atomic mass is 16.5. The van der Waals surface area contributed by atoms with Gasteiger partial charge in [-0.3, -0.25) is 4.90 Å². The van der Waals surface area contributed by atoms with Crippen molar-refractivity contribution < 1.29 is 14.6 Å². The topological polar surface area (TPSA) is 68.0 Å². The monoisotopic (exact) mass is 294 g/mol. The average molecular weight is 294 g/mol. The van der Waals surface area contributed by atoms with Gasteiger partial charge in [0.05, 0.1) is 13.2 Å². The van der Waals surface area contributed by atoms with Crippen LogP contribution in [-0.2, 0) is 11.3 Å². The van der Waals surface area contributed by atoms with Gasteiger partial charge in [-0.2, -0.15) is 0 Å². The first-order valence-electron chi connectivity index (χ1n) is 7.64. The van der Waals surface area contributed by atoms with E-state index in [4.69, 9.17) is 15.2 Å². The van der Waals surface area contributed by atoms with Gasteiger partial charge >= 0.3 is 0 Å². The molecule has 5 nitrogen and oxygen atoms in total. The minimum atomic E-state index is -0.501. The van der Waals surface area contributed by atoms with Crippen LogP contribution in [0.15, 0.2) is 24.3 Å². The Hall–Kier alpha value is -1.14. The van der Waals surface area contributed by atoms with E-state index in [0.717, 1.165) is 37.5 Å². The molecule has 1 aromatic rings. The molecule has 3 N–H and O–H groups in total. The maximum atomic E-state index is 10.2. The third-order valence-electron chi connectivity index (χ3n) is 3.84. The summed E-state index contributed by atoms with van der Waals surface area (Å²) in [7, 11) is 0. The molecular formula is C16H26N2O3. The molecular weight excluding hydrogens is 268 g/mol. The number of nitrogens with two attached hydrogens (primary N) is 1. The molecule has 1 heterocycles. The van der Waals surface area contributed by atoms with Crippen LogP contribution in [0.5, 0.6) is 5.75 Å². The van der Waals surface area contributed by atoms with Crippen LogP contribution >= 0.6 is 0 Å². The molecule has 0 amide bonds. The molecule has 5 heteroatoms. The lowest BCUT2D eigenvalue weighted by Crippen LogP contribution is -2.49. The Morgan fingerprint density at radius 1 is 1.52 bits per heavy atom. The van der Waals surface area contributed by atoms with E-state index in [0.29, 0.717) is 25.7 Å². The van der Waals surface area contributed by atoms with E-state index in [1.807, 2.05) is 24.3 Å². The van der Waals surface area contributed by atoms with Gasteiger partial charge in [0.15, 0.2) is 0 Å². The fourth-order valence-corrected chi connectivity index (χ4v) is 2.58. The van der Waals surface area contributed by atoms with Gasteiger partial charge in [0.25, 0.3) is 0 Å². The summed E-state index contributed by atoms with van der Waals surface area (Å²) in [5.74, 6) is 0.756. The lowest BCUT2D eigenvalue weighted by Gasteiger charge is -2.36. The fraction of sp³-hybridized carbons (Fsp3) is 0.625. The highest BCUT2D eigenvalue weighted by molar-refractivity contribution is 5.28. The van der Waals surface area contributed by atoms with E-state index in [9.17, 15) is 5.11 Å². The zero-order chi connectivity index (χ0) is 15.1. The van der Waals surface area contributed by atoms with E-state index in [-0.39, 0.29) is 0 Å². The van der Waals surface area contributed by atoms with Gasteiger partial charge in [-0.05, 0) is 24.1 Å². The number of aliphatic hydroxyl groups is 1. The summed E-state index contributed by atoms with van der Waals surface area (Å²) in [5.41, 5.74) is 6.63. The normalized spacial score (nSPS) is 21.2. The quantitative estimate of drug-likeness (QED) is 0.785. The van der Waals surface area contributed by atoms with Crippen molar-refractivity contribution in [3.63, 3.8) is 0 Å². The molecule has 0 spiro atoms. The maximum Gasteiger partial charge on any atom is 0.119 e. The Bertz CT molecular complexity index is 428. The second-order valence-corrected chi connectivity index (χ2v) is 5.45. The van der Waals surface area contributed by atoms with Crippen molar-refractivity contribution in [2.75, 3.05) is 32.9 Å². The molecule has 0 saturated carbocycles. The van der Waals surface area contributed by atoms with Gasteiger partial charge in [0, 0.05) is 25.7 Å². The summed E-state index contributed by atoms with van der Waals surface area (Å²) in [4.78, 5) is 2.29. The second kappa shape index (κ2) is 8.34. The Balaban J connectivity index is 1.79. The molecule has 1 aliphatic heterocycles. The zero-order valence-corrected chi connectivity index (χ0v) is 12.7. The van der Waals surface area contributed by atoms with Crippen LogP contribution in [0.25, 0.3) is 0 Å². The second-order valence-electron chi connectivity index (χ2n) is 5.45. The molecule has 21 heavy (non-hydrogen) atoms. The summed E-state index contributed by atoms with van der Waals surface area (Å²) < 4.78 is 11.1. The predicted molar refractivity (Wildman–Crippen MR) is 82.3 cm³/mol. The molecule has 118 valence electrons. The molecule has 1 aliphatic rings. The number of rotatable bonds is 7. The van der Waals surface area contributed by atoms with Crippen molar-refractivity contribution in [1.29, 1.82) is 0 Å². The molecule has 1 aromatic carbocycles. The maximum absolute atomic E-state index is 10.2. The van der Waals surface area contributed by atoms with Gasteiger partial charge in [-0.25, -0.2) is 0 Å². The number of morpholine rings is 1. The SMILES string of the molecule is CCC1COCCN1CC(O)COc1cccc(CN)c1. The molecule has 0 aliphatic carbocycles. The number of β-amino-alcohol motifs (C(OH)–C–C–N with tert-alkyl or cyclic N) is 1. The van der Waals surface area contributed by atoms with E-state index in [1.165, 1.54) is 0 Å². The molecule has 1 fully saturated rings. The third-order valence-corrected chi connectivity index (χ3v) is 3.84. The number of hydrogen-bond donors (Lipinski definition) is 2. The lowest BCUT2D eigenvalue weighted by atomic mass is 10.1. The third kappa shape index (κ3) is 4.97. The van der Waals surface area contributed by atoms with Crippen molar-refractivity contribution in [2.24, 2.45) is 5.73 Å². The highest BCUT2D eigenvalue weighted by Gasteiger charge is 2.23. The van der Waals surface area contributed by atoms with Crippen LogP contribution < -0.4 is 10.5 Å². The number of aliphatic hydroxyl groups excluding tert-OH is 1. The van der Waals surface area contributed by atoms with E-state index < -0.39 is 6.10 Å². The lowest BCUT2D eigenvalue weighted by molar-refractivity contribution is -0.0333. The molecule has 1 saturated heterocycles. The summed E-state index contributed by atoms with van der Waals surface area (Å²) in [6.45, 7) is 5.92. The molecule has 2 rings (SSSR count). The van der Waals surface area contributed by atoms with Gasteiger partial charge in [0.1, 0.15) is 18.5 Å². The summed E-state index contributed by atoms with van der Waals surface area (Å²) >= 11 is 0. The van der Waals surface area contributed by atoms with E-state index >= 15 is 0 Å². The van der Waals surface area contributed by atoms with Gasteiger partial charge in [-0.1, -0.05) is 19.1 Å². The fourth-order valence-electron chi connectivity index (χ4n) is 2.58. The van der Waals surface area contributed by atoms with Crippen LogP contribution in [0.2, 0.25) is 0 Å². The predicted octanol–water partition coefficient (Wildman–Crippen LogP) is 0.996. The first-order chi connectivity index (χ1) is 10.2. The Labute approximate surface area is 126 Å². The highest BCUT2D eigenvalue weighted by Crippen LogP contribution is 2.14. The Morgan fingerprint density at radius 3 is 3.14 bits per heavy atom. The van der Waals surface area contributed by atoms with Crippen molar-refractivity contribution in [2.45, 2.75) is 32.0 Å². The molecule has 0 bridgehead atoms. The zero-order valence-electron chi connectivity index (χ0n) is 12.7. The molecule has 2 atom stereocenters. The Morgan fingerprint density at radius 2 is 2.38 bits per heavy atom. The standard InChI is InChI=1S/C16H26N2O3/c1-2-14-11-20-7-6-18(14)10-15(19)12-21-16-5-3-4-13(8-16)9-17/h3-5,8,14-15,19H,2,6-7,9-12,17H2,1H3. The number of ether oxygens (including phenoxy) is 2. The number of hydrogen-bond acceptors (Lipinski definition) is 5. The van der Waals surface area contributed by atoms with Crippen molar-refractivity contribution in [3.8, 4) is 5.75 Å².